The van der Waals surface area contributed by atoms with Crippen LogP contribution in [0.3, 0.4) is 0 Å². The summed E-state index contributed by atoms with van der Waals surface area (Å²) in [4.78, 5) is 8.27. The van der Waals surface area contributed by atoms with Gasteiger partial charge in [-0.3, -0.25) is 0 Å². The number of nitrogens with two attached hydrogens (primary N) is 1. The van der Waals surface area contributed by atoms with Crippen LogP contribution >= 0.6 is 11.8 Å². The molecule has 0 saturated carbocycles. The van der Waals surface area contributed by atoms with Crippen LogP contribution in [-0.4, -0.2) is 16.2 Å². The van der Waals surface area contributed by atoms with Crippen LogP contribution in [0.5, 0.6) is 0 Å². The van der Waals surface area contributed by atoms with Crippen molar-refractivity contribution in [2.45, 2.75) is 11.6 Å². The maximum Gasteiger partial charge on any atom is 0.130 e. The lowest BCUT2D eigenvalue weighted by molar-refractivity contribution is 1.02. The normalized spacial score (nSPS) is 10.2. The molecular formula is C12H14N4S. The lowest BCUT2D eigenvalue weighted by Crippen LogP contribution is -2.04. The maximum absolute atomic E-state index is 5.86. The summed E-state index contributed by atoms with van der Waals surface area (Å²) >= 11 is 1.59. The number of benzene rings is 1. The van der Waals surface area contributed by atoms with Crippen LogP contribution in [-0.2, 0) is 6.54 Å². The molecule has 0 aliphatic heterocycles. The van der Waals surface area contributed by atoms with Gasteiger partial charge < -0.3 is 11.1 Å². The topological polar surface area (TPSA) is 63.8 Å². The van der Waals surface area contributed by atoms with Crippen LogP contribution < -0.4 is 11.1 Å². The Morgan fingerprint density at radius 3 is 2.88 bits per heavy atom. The predicted molar refractivity (Wildman–Crippen MR) is 72.0 cm³/mol. The molecule has 88 valence electrons. The van der Waals surface area contributed by atoms with Gasteiger partial charge in [-0.05, 0) is 17.9 Å². The van der Waals surface area contributed by atoms with Crippen molar-refractivity contribution in [3.05, 3.63) is 42.2 Å². The van der Waals surface area contributed by atoms with Gasteiger partial charge in [0, 0.05) is 18.3 Å². The Morgan fingerprint density at radius 2 is 2.12 bits per heavy atom. The van der Waals surface area contributed by atoms with Crippen LogP contribution in [0, 0.1) is 0 Å². The Labute approximate surface area is 105 Å². The van der Waals surface area contributed by atoms with E-state index in [9.17, 15) is 0 Å². The van der Waals surface area contributed by atoms with E-state index in [1.54, 1.807) is 18.1 Å². The summed E-state index contributed by atoms with van der Waals surface area (Å²) in [5.41, 5.74) is 7.72. The van der Waals surface area contributed by atoms with Gasteiger partial charge in [0.05, 0.1) is 0 Å². The van der Waals surface area contributed by atoms with Gasteiger partial charge in [-0.15, -0.1) is 11.8 Å². The standard InChI is InChI=1S/C12H14N4S/c1-17-12-6-11(15-8-16-12)14-7-9-4-2-3-5-10(9)13/h2-6,8H,7,13H2,1H3,(H,14,15,16). The fraction of sp³-hybridized carbons (Fsp3) is 0.167. The predicted octanol–water partition coefficient (Wildman–Crippen LogP) is 2.39. The molecule has 0 aliphatic rings. The van der Waals surface area contributed by atoms with Crippen LogP contribution in [0.4, 0.5) is 11.5 Å². The van der Waals surface area contributed by atoms with Gasteiger partial charge in [-0.1, -0.05) is 18.2 Å². The largest absolute Gasteiger partial charge is 0.398 e. The SMILES string of the molecule is CSc1cc(NCc2ccccc2N)ncn1. The number of nitrogens with one attached hydrogen (secondary N) is 1. The number of nitrogen functional groups attached to an aromatic ring is 1. The minimum absolute atomic E-state index is 0.664. The summed E-state index contributed by atoms with van der Waals surface area (Å²) in [7, 11) is 0. The molecule has 0 saturated heterocycles. The van der Waals surface area contributed by atoms with E-state index < -0.39 is 0 Å². The molecule has 0 fully saturated rings. The van der Waals surface area contributed by atoms with Crippen LogP contribution in [0.15, 0.2) is 41.7 Å². The van der Waals surface area contributed by atoms with Gasteiger partial charge in [0.1, 0.15) is 17.2 Å². The third-order valence-electron chi connectivity index (χ3n) is 2.37. The van der Waals surface area contributed by atoms with Crippen molar-refractivity contribution in [2.24, 2.45) is 0 Å². The molecule has 2 rings (SSSR count). The molecule has 0 radical (unpaired) electrons. The van der Waals surface area contributed by atoms with Gasteiger partial charge in [0.25, 0.3) is 0 Å². The highest BCUT2D eigenvalue weighted by molar-refractivity contribution is 7.98. The number of hydrogen-bond acceptors (Lipinski definition) is 5. The van der Waals surface area contributed by atoms with Crippen molar-refractivity contribution in [3.8, 4) is 0 Å². The average Bonchev–Trinajstić information content (AvgIpc) is 2.38. The second kappa shape index (κ2) is 5.54. The fourth-order valence-electron chi connectivity index (χ4n) is 1.43. The molecule has 0 aliphatic carbocycles. The first-order chi connectivity index (χ1) is 8.29. The Hall–Kier alpha value is -1.75. The summed E-state index contributed by atoms with van der Waals surface area (Å²) in [6.07, 6.45) is 3.55. The maximum atomic E-state index is 5.86. The number of para-hydroxylation sites is 1. The fourth-order valence-corrected chi connectivity index (χ4v) is 1.81. The second-order valence-electron chi connectivity index (χ2n) is 3.50. The molecule has 1 aromatic heterocycles. The van der Waals surface area contributed by atoms with Crippen molar-refractivity contribution in [3.63, 3.8) is 0 Å². The smallest absolute Gasteiger partial charge is 0.130 e. The van der Waals surface area contributed by atoms with E-state index in [1.807, 2.05) is 36.6 Å². The van der Waals surface area contributed by atoms with E-state index in [2.05, 4.69) is 15.3 Å². The number of anilines is 2. The second-order valence-corrected chi connectivity index (χ2v) is 4.32. The van der Waals surface area contributed by atoms with E-state index >= 15 is 0 Å². The molecular weight excluding hydrogens is 232 g/mol. The molecule has 4 nitrogen and oxygen atoms in total. The van der Waals surface area contributed by atoms with Crippen molar-refractivity contribution in [1.82, 2.24) is 9.97 Å². The van der Waals surface area contributed by atoms with Gasteiger partial charge in [0.15, 0.2) is 0 Å². The monoisotopic (exact) mass is 246 g/mol. The third-order valence-corrected chi connectivity index (χ3v) is 3.01. The van der Waals surface area contributed by atoms with Crippen molar-refractivity contribution in [2.75, 3.05) is 17.3 Å². The van der Waals surface area contributed by atoms with Crippen LogP contribution in [0.2, 0.25) is 0 Å². The first kappa shape index (κ1) is 11.7. The molecule has 0 atom stereocenters. The van der Waals surface area contributed by atoms with Crippen molar-refractivity contribution < 1.29 is 0 Å². The van der Waals surface area contributed by atoms with E-state index in [1.165, 1.54) is 0 Å². The Kier molecular flexibility index (Phi) is 3.82. The van der Waals surface area contributed by atoms with Crippen LogP contribution in [0.1, 0.15) is 5.56 Å². The number of hydrogen-bond donors (Lipinski definition) is 2. The van der Waals surface area contributed by atoms with Gasteiger partial charge >= 0.3 is 0 Å². The summed E-state index contributed by atoms with van der Waals surface area (Å²) < 4.78 is 0. The molecule has 0 spiro atoms. The lowest BCUT2D eigenvalue weighted by Gasteiger charge is -2.08. The first-order valence-corrected chi connectivity index (χ1v) is 6.45. The van der Waals surface area contributed by atoms with Gasteiger partial charge in [-0.2, -0.15) is 0 Å². The molecule has 0 bridgehead atoms. The Bertz CT molecular complexity index is 501. The van der Waals surface area contributed by atoms with E-state index in [0.29, 0.717) is 6.54 Å². The first-order valence-electron chi connectivity index (χ1n) is 5.23. The Morgan fingerprint density at radius 1 is 1.29 bits per heavy atom. The van der Waals surface area contributed by atoms with Gasteiger partial charge in [0.2, 0.25) is 0 Å². The van der Waals surface area contributed by atoms with Gasteiger partial charge in [-0.25, -0.2) is 9.97 Å². The van der Waals surface area contributed by atoms with Crippen LogP contribution in [0.25, 0.3) is 0 Å². The summed E-state index contributed by atoms with van der Waals surface area (Å²) in [6.45, 7) is 0.664. The average molecular weight is 246 g/mol. The summed E-state index contributed by atoms with van der Waals surface area (Å²) in [5.74, 6) is 0.813. The molecule has 5 heteroatoms. The molecule has 3 N–H and O–H groups in total. The summed E-state index contributed by atoms with van der Waals surface area (Å²) in [5, 5.41) is 4.18. The minimum Gasteiger partial charge on any atom is -0.398 e. The quantitative estimate of drug-likeness (QED) is 0.492. The van der Waals surface area contributed by atoms with E-state index in [4.69, 9.17) is 5.73 Å². The highest BCUT2D eigenvalue weighted by Crippen LogP contribution is 2.16. The van der Waals surface area contributed by atoms with E-state index in [0.717, 1.165) is 22.1 Å². The summed E-state index contributed by atoms with van der Waals surface area (Å²) in [6, 6.07) is 9.71. The zero-order chi connectivity index (χ0) is 12.1. The molecule has 0 unspecified atom stereocenters. The zero-order valence-corrected chi connectivity index (χ0v) is 10.4. The van der Waals surface area contributed by atoms with E-state index in [-0.39, 0.29) is 0 Å². The highest BCUT2D eigenvalue weighted by Gasteiger charge is 2.00. The third kappa shape index (κ3) is 3.10. The number of rotatable bonds is 4. The van der Waals surface area contributed by atoms with Crippen molar-refractivity contribution >= 4 is 23.3 Å². The molecule has 17 heavy (non-hydrogen) atoms. The number of aromatic nitrogens is 2. The molecule has 1 heterocycles. The number of thioether (sulfide) groups is 1. The molecule has 0 amide bonds. The highest BCUT2D eigenvalue weighted by atomic mass is 32.2. The van der Waals surface area contributed by atoms with Crippen molar-refractivity contribution in [1.29, 1.82) is 0 Å². The number of nitrogens with zero attached hydrogens (tertiary/aromatic N) is 2. The lowest BCUT2D eigenvalue weighted by atomic mass is 10.2. The molecule has 2 aromatic rings. The minimum atomic E-state index is 0.664. The Balaban J connectivity index is 2.05. The molecule has 1 aromatic carbocycles. The zero-order valence-electron chi connectivity index (χ0n) is 9.55.